The van der Waals surface area contributed by atoms with E-state index in [1.54, 1.807) is 20.8 Å². The number of benzene rings is 1. The molecule has 126 valence electrons. The van der Waals surface area contributed by atoms with Crippen LogP contribution < -0.4 is 10.0 Å². The van der Waals surface area contributed by atoms with E-state index in [-0.39, 0.29) is 18.9 Å². The van der Waals surface area contributed by atoms with Gasteiger partial charge in [0.25, 0.3) is 0 Å². The summed E-state index contributed by atoms with van der Waals surface area (Å²) in [6.45, 7) is 5.17. The summed E-state index contributed by atoms with van der Waals surface area (Å²) in [4.78, 5) is 15.0. The smallest absolute Gasteiger partial charge is 0.224 e. The van der Waals surface area contributed by atoms with E-state index in [9.17, 15) is 13.2 Å². The summed E-state index contributed by atoms with van der Waals surface area (Å²) in [6, 6.07) is 7.57. The summed E-state index contributed by atoms with van der Waals surface area (Å²) in [5.74, 6) is -0.130. The van der Waals surface area contributed by atoms with Crippen LogP contribution in [0.2, 0.25) is 0 Å². The molecule has 0 aliphatic carbocycles. The van der Waals surface area contributed by atoms with Gasteiger partial charge in [-0.1, -0.05) is 0 Å². The second kappa shape index (κ2) is 6.72. The van der Waals surface area contributed by atoms with E-state index in [4.69, 9.17) is 0 Å². The second-order valence-corrected chi connectivity index (χ2v) is 8.96. The van der Waals surface area contributed by atoms with Crippen LogP contribution >= 0.6 is 0 Å². The maximum Gasteiger partial charge on any atom is 0.224 e. The summed E-state index contributed by atoms with van der Waals surface area (Å²) in [5, 5.41) is 3.85. The van der Waals surface area contributed by atoms with Crippen LogP contribution in [0.15, 0.2) is 30.5 Å². The van der Waals surface area contributed by atoms with Gasteiger partial charge in [0.15, 0.2) is 0 Å². The standard InChI is InChI=1S/C16H23N3O3S/c1-16(2,3)23(21,22)18-9-4-5-15(20)19-13-6-7-14-12(11-13)8-10-17-14/h6-8,10-11,17-18H,4-5,9H2,1-3H3,(H,19,20). The number of hydrogen-bond acceptors (Lipinski definition) is 3. The monoisotopic (exact) mass is 337 g/mol. The zero-order valence-corrected chi connectivity index (χ0v) is 14.5. The molecule has 0 saturated carbocycles. The minimum Gasteiger partial charge on any atom is -0.361 e. The molecule has 6 nitrogen and oxygen atoms in total. The van der Waals surface area contributed by atoms with Gasteiger partial charge in [0.1, 0.15) is 0 Å². The van der Waals surface area contributed by atoms with Crippen molar-refractivity contribution in [1.29, 1.82) is 0 Å². The fraction of sp³-hybridized carbons (Fsp3) is 0.438. The van der Waals surface area contributed by atoms with Gasteiger partial charge in [0.05, 0.1) is 4.75 Å². The van der Waals surface area contributed by atoms with Gasteiger partial charge in [-0.2, -0.15) is 0 Å². The van der Waals surface area contributed by atoms with Crippen molar-refractivity contribution >= 4 is 32.5 Å². The Labute approximate surface area is 136 Å². The molecule has 1 amide bonds. The minimum absolute atomic E-state index is 0.130. The predicted molar refractivity (Wildman–Crippen MR) is 92.8 cm³/mol. The molecule has 1 aromatic carbocycles. The molecule has 2 rings (SSSR count). The van der Waals surface area contributed by atoms with E-state index in [1.807, 2.05) is 30.5 Å². The first-order valence-corrected chi connectivity index (χ1v) is 9.03. The minimum atomic E-state index is -3.36. The normalized spacial score (nSPS) is 12.5. The van der Waals surface area contributed by atoms with E-state index in [1.165, 1.54) is 0 Å². The summed E-state index contributed by atoms with van der Waals surface area (Å²) < 4.78 is 25.4. The van der Waals surface area contributed by atoms with Gasteiger partial charge in [-0.05, 0) is 51.5 Å². The van der Waals surface area contributed by atoms with E-state index in [0.717, 1.165) is 16.6 Å². The van der Waals surface area contributed by atoms with Crippen LogP contribution in [0.3, 0.4) is 0 Å². The number of aromatic nitrogens is 1. The number of hydrogen-bond donors (Lipinski definition) is 3. The highest BCUT2D eigenvalue weighted by Gasteiger charge is 2.28. The highest BCUT2D eigenvalue weighted by atomic mass is 32.2. The lowest BCUT2D eigenvalue weighted by Crippen LogP contribution is -2.39. The van der Waals surface area contributed by atoms with Crippen LogP contribution in [0.1, 0.15) is 33.6 Å². The third-order valence-electron chi connectivity index (χ3n) is 3.52. The number of carbonyl (C=O) groups is 1. The molecule has 0 spiro atoms. The first-order chi connectivity index (χ1) is 10.7. The van der Waals surface area contributed by atoms with Gasteiger partial charge < -0.3 is 10.3 Å². The van der Waals surface area contributed by atoms with E-state index in [2.05, 4.69) is 15.0 Å². The van der Waals surface area contributed by atoms with Gasteiger partial charge in [0, 0.05) is 35.8 Å². The number of fused-ring (bicyclic) bond motifs is 1. The molecule has 0 aliphatic rings. The van der Waals surface area contributed by atoms with E-state index >= 15 is 0 Å². The quantitative estimate of drug-likeness (QED) is 0.708. The second-order valence-electron chi connectivity index (χ2n) is 6.44. The topological polar surface area (TPSA) is 91.1 Å². The summed E-state index contributed by atoms with van der Waals surface area (Å²) in [6.07, 6.45) is 2.56. The molecular formula is C16H23N3O3S. The van der Waals surface area contributed by atoms with Crippen molar-refractivity contribution in [1.82, 2.24) is 9.71 Å². The van der Waals surface area contributed by atoms with Crippen molar-refractivity contribution in [2.75, 3.05) is 11.9 Å². The Morgan fingerprint density at radius 3 is 2.65 bits per heavy atom. The maximum absolute atomic E-state index is 11.9. The summed E-state index contributed by atoms with van der Waals surface area (Å²) in [7, 11) is -3.36. The molecule has 7 heteroatoms. The third-order valence-corrected chi connectivity index (χ3v) is 5.71. The molecule has 0 fully saturated rings. The number of aromatic amines is 1. The van der Waals surface area contributed by atoms with Crippen molar-refractivity contribution in [2.45, 2.75) is 38.4 Å². The molecule has 1 aromatic heterocycles. The number of anilines is 1. The molecule has 0 radical (unpaired) electrons. The van der Waals surface area contributed by atoms with Gasteiger partial charge in [-0.25, -0.2) is 13.1 Å². The molecule has 23 heavy (non-hydrogen) atoms. The van der Waals surface area contributed by atoms with Gasteiger partial charge in [-0.3, -0.25) is 4.79 Å². The molecule has 2 aromatic rings. The van der Waals surface area contributed by atoms with Crippen molar-refractivity contribution in [2.24, 2.45) is 0 Å². The predicted octanol–water partition coefficient (Wildman–Crippen LogP) is 2.60. The van der Waals surface area contributed by atoms with Crippen molar-refractivity contribution in [3.63, 3.8) is 0 Å². The maximum atomic E-state index is 11.9. The largest absolute Gasteiger partial charge is 0.361 e. The molecule has 0 saturated heterocycles. The van der Waals surface area contributed by atoms with Crippen LogP contribution in [0.4, 0.5) is 5.69 Å². The van der Waals surface area contributed by atoms with E-state index in [0.29, 0.717) is 6.42 Å². The molecular weight excluding hydrogens is 314 g/mol. The summed E-state index contributed by atoms with van der Waals surface area (Å²) in [5.41, 5.74) is 1.75. The Morgan fingerprint density at radius 2 is 1.96 bits per heavy atom. The number of H-pyrrole nitrogens is 1. The van der Waals surface area contributed by atoms with E-state index < -0.39 is 14.8 Å². The van der Waals surface area contributed by atoms with Gasteiger partial charge >= 0.3 is 0 Å². The lowest BCUT2D eigenvalue weighted by atomic mass is 10.2. The molecule has 0 atom stereocenters. The first-order valence-electron chi connectivity index (χ1n) is 7.55. The van der Waals surface area contributed by atoms with Crippen LogP contribution in [0.5, 0.6) is 0 Å². The molecule has 0 bridgehead atoms. The Balaban J connectivity index is 1.79. The average molecular weight is 337 g/mol. The third kappa shape index (κ3) is 4.56. The lowest BCUT2D eigenvalue weighted by molar-refractivity contribution is -0.116. The van der Waals surface area contributed by atoms with Crippen LogP contribution in [-0.2, 0) is 14.8 Å². The Kier molecular flexibility index (Phi) is 5.11. The average Bonchev–Trinajstić information content (AvgIpc) is 2.90. The Hall–Kier alpha value is -1.86. The Bertz CT molecular complexity index is 788. The number of carbonyl (C=O) groups excluding carboxylic acids is 1. The lowest BCUT2D eigenvalue weighted by Gasteiger charge is -2.19. The highest BCUT2D eigenvalue weighted by Crippen LogP contribution is 2.18. The van der Waals surface area contributed by atoms with Crippen LogP contribution in [0, 0.1) is 0 Å². The molecule has 3 N–H and O–H groups in total. The number of sulfonamides is 1. The molecule has 1 heterocycles. The fourth-order valence-corrected chi connectivity index (χ4v) is 2.87. The van der Waals surface area contributed by atoms with Crippen LogP contribution in [-0.4, -0.2) is 30.6 Å². The van der Waals surface area contributed by atoms with Crippen molar-refractivity contribution < 1.29 is 13.2 Å². The van der Waals surface area contributed by atoms with Gasteiger partial charge in [0.2, 0.25) is 15.9 Å². The number of nitrogens with one attached hydrogen (secondary N) is 3. The zero-order chi connectivity index (χ0) is 17.1. The van der Waals surface area contributed by atoms with Gasteiger partial charge in [-0.15, -0.1) is 0 Å². The SMILES string of the molecule is CC(C)(C)S(=O)(=O)NCCCC(=O)Nc1ccc2[nH]ccc2c1. The number of rotatable bonds is 6. The van der Waals surface area contributed by atoms with Crippen molar-refractivity contribution in [3.8, 4) is 0 Å². The van der Waals surface area contributed by atoms with Crippen molar-refractivity contribution in [3.05, 3.63) is 30.5 Å². The van der Waals surface area contributed by atoms with Crippen LogP contribution in [0.25, 0.3) is 10.9 Å². The highest BCUT2D eigenvalue weighted by molar-refractivity contribution is 7.90. The number of amides is 1. The summed E-state index contributed by atoms with van der Waals surface area (Å²) >= 11 is 0. The zero-order valence-electron chi connectivity index (χ0n) is 13.6. The first kappa shape index (κ1) is 17.5. The molecule has 0 unspecified atom stereocenters. The fourth-order valence-electron chi connectivity index (χ4n) is 2.03. The Morgan fingerprint density at radius 1 is 1.22 bits per heavy atom. The molecule has 0 aliphatic heterocycles.